The van der Waals surface area contributed by atoms with Gasteiger partial charge in [0.15, 0.2) is 11.5 Å². The van der Waals surface area contributed by atoms with Crippen LogP contribution in [0.2, 0.25) is 0 Å². The molecule has 5 N–H and O–H groups in total. The molecule has 0 radical (unpaired) electrons. The van der Waals surface area contributed by atoms with E-state index in [1.807, 2.05) is 0 Å². The van der Waals surface area contributed by atoms with E-state index in [1.54, 1.807) is 0 Å². The third-order valence-corrected chi connectivity index (χ3v) is 2.15. The zero-order chi connectivity index (χ0) is 12.0. The summed E-state index contributed by atoms with van der Waals surface area (Å²) >= 11 is 0. The molecule has 5 nitrogen and oxygen atoms in total. The third kappa shape index (κ3) is 3.43. The minimum Gasteiger partial charge on any atom is -0.504 e. The number of phenolic OH excluding ortho intramolecular Hbond substituents is 2. The first kappa shape index (κ1) is 12.3. The van der Waals surface area contributed by atoms with E-state index in [0.717, 1.165) is 12.8 Å². The Kier molecular flexibility index (Phi) is 4.60. The Bertz CT molecular complexity index is 366. The summed E-state index contributed by atoms with van der Waals surface area (Å²) < 4.78 is 0. The van der Waals surface area contributed by atoms with Crippen LogP contribution in [0, 0.1) is 0 Å². The number of nitrogens with two attached hydrogens (primary N) is 1. The van der Waals surface area contributed by atoms with Crippen molar-refractivity contribution < 1.29 is 15.0 Å². The van der Waals surface area contributed by atoms with Crippen LogP contribution in [0.3, 0.4) is 0 Å². The SMILES string of the molecule is NCCCCNC(=O)c1ccc(O)c(O)c1. The number of rotatable bonds is 5. The second-order valence-corrected chi connectivity index (χ2v) is 3.46. The summed E-state index contributed by atoms with van der Waals surface area (Å²) in [5.74, 6) is -0.804. The van der Waals surface area contributed by atoms with Gasteiger partial charge in [0.2, 0.25) is 0 Å². The van der Waals surface area contributed by atoms with Crippen molar-refractivity contribution in [3.8, 4) is 11.5 Å². The van der Waals surface area contributed by atoms with Gasteiger partial charge in [0, 0.05) is 12.1 Å². The molecule has 0 aliphatic carbocycles. The Labute approximate surface area is 93.9 Å². The van der Waals surface area contributed by atoms with Gasteiger partial charge >= 0.3 is 0 Å². The van der Waals surface area contributed by atoms with E-state index in [1.165, 1.54) is 18.2 Å². The number of aromatic hydroxyl groups is 2. The third-order valence-electron chi connectivity index (χ3n) is 2.15. The number of nitrogens with one attached hydrogen (secondary N) is 1. The summed E-state index contributed by atoms with van der Waals surface area (Å²) in [6, 6.07) is 3.96. The number of carbonyl (C=O) groups is 1. The van der Waals surface area contributed by atoms with Crippen LogP contribution in [0.1, 0.15) is 23.2 Å². The predicted molar refractivity (Wildman–Crippen MR) is 60.4 cm³/mol. The topological polar surface area (TPSA) is 95.6 Å². The average Bonchev–Trinajstić information content (AvgIpc) is 2.28. The average molecular weight is 224 g/mol. The highest BCUT2D eigenvalue weighted by Crippen LogP contribution is 2.24. The summed E-state index contributed by atoms with van der Waals surface area (Å²) in [4.78, 5) is 11.5. The lowest BCUT2D eigenvalue weighted by molar-refractivity contribution is 0.0952. The van der Waals surface area contributed by atoms with Crippen LogP contribution in [0.15, 0.2) is 18.2 Å². The van der Waals surface area contributed by atoms with Gasteiger partial charge in [-0.25, -0.2) is 0 Å². The van der Waals surface area contributed by atoms with Gasteiger partial charge < -0.3 is 21.3 Å². The molecule has 0 unspecified atom stereocenters. The van der Waals surface area contributed by atoms with Crippen molar-refractivity contribution in [1.82, 2.24) is 5.32 Å². The number of hydrogen-bond donors (Lipinski definition) is 4. The van der Waals surface area contributed by atoms with Crippen molar-refractivity contribution in [2.75, 3.05) is 13.1 Å². The molecule has 0 saturated heterocycles. The summed E-state index contributed by atoms with van der Waals surface area (Å²) in [6.45, 7) is 1.16. The van der Waals surface area contributed by atoms with Crippen LogP contribution in [-0.2, 0) is 0 Å². The van der Waals surface area contributed by atoms with Crippen LogP contribution in [0.4, 0.5) is 0 Å². The number of hydrogen-bond acceptors (Lipinski definition) is 4. The highest BCUT2D eigenvalue weighted by Gasteiger charge is 2.07. The quantitative estimate of drug-likeness (QED) is 0.434. The van der Waals surface area contributed by atoms with Crippen LogP contribution in [-0.4, -0.2) is 29.2 Å². The molecular weight excluding hydrogens is 208 g/mol. The molecule has 1 aromatic rings. The van der Waals surface area contributed by atoms with Crippen LogP contribution >= 0.6 is 0 Å². The molecule has 1 rings (SSSR count). The molecule has 1 aromatic carbocycles. The van der Waals surface area contributed by atoms with E-state index >= 15 is 0 Å². The Morgan fingerprint density at radius 3 is 2.62 bits per heavy atom. The first-order chi connectivity index (χ1) is 7.65. The fraction of sp³-hybridized carbons (Fsp3) is 0.364. The van der Waals surface area contributed by atoms with Gasteiger partial charge in [0.1, 0.15) is 0 Å². The van der Waals surface area contributed by atoms with E-state index in [9.17, 15) is 9.90 Å². The van der Waals surface area contributed by atoms with Crippen molar-refractivity contribution in [3.63, 3.8) is 0 Å². The molecule has 0 heterocycles. The van der Waals surface area contributed by atoms with Gasteiger partial charge in [-0.3, -0.25) is 4.79 Å². The molecular formula is C11H16N2O3. The molecule has 88 valence electrons. The minimum atomic E-state index is -0.297. The zero-order valence-corrected chi connectivity index (χ0v) is 8.94. The summed E-state index contributed by atoms with van der Waals surface area (Å²) in [5, 5.41) is 21.0. The zero-order valence-electron chi connectivity index (χ0n) is 8.94. The van der Waals surface area contributed by atoms with Gasteiger partial charge in [0.05, 0.1) is 0 Å². The van der Waals surface area contributed by atoms with Crippen LogP contribution < -0.4 is 11.1 Å². The number of amides is 1. The molecule has 0 fully saturated rings. The number of unbranched alkanes of at least 4 members (excludes halogenated alkanes) is 1. The van der Waals surface area contributed by atoms with Crippen LogP contribution in [0.25, 0.3) is 0 Å². The maximum atomic E-state index is 11.5. The Balaban J connectivity index is 2.50. The second-order valence-electron chi connectivity index (χ2n) is 3.46. The smallest absolute Gasteiger partial charge is 0.251 e. The van der Waals surface area contributed by atoms with E-state index in [0.29, 0.717) is 18.7 Å². The number of carbonyl (C=O) groups excluding carboxylic acids is 1. The first-order valence-electron chi connectivity index (χ1n) is 5.15. The monoisotopic (exact) mass is 224 g/mol. The minimum absolute atomic E-state index is 0.236. The standard InChI is InChI=1S/C11H16N2O3/c12-5-1-2-6-13-11(16)8-3-4-9(14)10(15)7-8/h3-4,7,14-15H,1-2,5-6,12H2,(H,13,16). The molecule has 1 amide bonds. The van der Waals surface area contributed by atoms with Crippen molar-refractivity contribution in [2.45, 2.75) is 12.8 Å². The molecule has 0 aliphatic rings. The lowest BCUT2D eigenvalue weighted by Gasteiger charge is -2.05. The van der Waals surface area contributed by atoms with Gasteiger partial charge in [-0.1, -0.05) is 0 Å². The molecule has 0 saturated carbocycles. The molecule has 0 spiro atoms. The van der Waals surface area contributed by atoms with Crippen LogP contribution in [0.5, 0.6) is 11.5 Å². The molecule has 5 heteroatoms. The van der Waals surface area contributed by atoms with Crippen molar-refractivity contribution in [2.24, 2.45) is 5.73 Å². The van der Waals surface area contributed by atoms with Gasteiger partial charge in [-0.2, -0.15) is 0 Å². The summed E-state index contributed by atoms with van der Waals surface area (Å²) in [6.07, 6.45) is 1.69. The van der Waals surface area contributed by atoms with E-state index in [2.05, 4.69) is 5.32 Å². The largest absolute Gasteiger partial charge is 0.504 e. The highest BCUT2D eigenvalue weighted by atomic mass is 16.3. The fourth-order valence-corrected chi connectivity index (χ4v) is 1.24. The lowest BCUT2D eigenvalue weighted by Crippen LogP contribution is -2.24. The second kappa shape index (κ2) is 5.97. The van der Waals surface area contributed by atoms with E-state index < -0.39 is 0 Å². The Morgan fingerprint density at radius 2 is 2.00 bits per heavy atom. The molecule has 0 atom stereocenters. The summed E-state index contributed by atoms with van der Waals surface area (Å²) in [7, 11) is 0. The normalized spacial score (nSPS) is 10.1. The number of benzene rings is 1. The maximum Gasteiger partial charge on any atom is 0.251 e. The first-order valence-corrected chi connectivity index (χ1v) is 5.15. The van der Waals surface area contributed by atoms with Crippen molar-refractivity contribution in [1.29, 1.82) is 0 Å². The van der Waals surface area contributed by atoms with Gasteiger partial charge in [-0.15, -0.1) is 0 Å². The van der Waals surface area contributed by atoms with E-state index in [-0.39, 0.29) is 17.4 Å². The molecule has 0 aliphatic heterocycles. The lowest BCUT2D eigenvalue weighted by atomic mass is 10.2. The predicted octanol–water partition coefficient (Wildman–Crippen LogP) is 0.567. The highest BCUT2D eigenvalue weighted by molar-refractivity contribution is 5.94. The van der Waals surface area contributed by atoms with E-state index in [4.69, 9.17) is 10.8 Å². The maximum absolute atomic E-state index is 11.5. The van der Waals surface area contributed by atoms with Gasteiger partial charge in [0.25, 0.3) is 5.91 Å². The molecule has 0 aromatic heterocycles. The van der Waals surface area contributed by atoms with Crippen molar-refractivity contribution in [3.05, 3.63) is 23.8 Å². The van der Waals surface area contributed by atoms with Crippen molar-refractivity contribution >= 4 is 5.91 Å². The summed E-state index contributed by atoms with van der Waals surface area (Å²) in [5.41, 5.74) is 5.64. The fourth-order valence-electron chi connectivity index (χ4n) is 1.24. The molecule has 0 bridgehead atoms. The molecule has 16 heavy (non-hydrogen) atoms. The number of phenols is 2. The Morgan fingerprint density at radius 1 is 1.25 bits per heavy atom. The Hall–Kier alpha value is -1.75. The van der Waals surface area contributed by atoms with Gasteiger partial charge in [-0.05, 0) is 37.6 Å².